The number of halogens is 3. The summed E-state index contributed by atoms with van der Waals surface area (Å²) in [4.78, 5) is 18.5. The summed E-state index contributed by atoms with van der Waals surface area (Å²) >= 11 is 0. The van der Waals surface area contributed by atoms with Crippen LogP contribution < -0.4 is 4.90 Å². The van der Waals surface area contributed by atoms with Crippen LogP contribution in [0.25, 0.3) is 10.4 Å². The molecule has 1 saturated heterocycles. The number of nitrogens with one attached hydrogen (secondary N) is 1. The summed E-state index contributed by atoms with van der Waals surface area (Å²) in [6.07, 6.45) is -4.55. The van der Waals surface area contributed by atoms with Crippen molar-refractivity contribution in [3.8, 4) is 0 Å². The van der Waals surface area contributed by atoms with Crippen LogP contribution in [0.1, 0.15) is 12.2 Å². The number of H-pyrrole nitrogens is 1. The molecule has 8 nitrogen and oxygen atoms in total. The summed E-state index contributed by atoms with van der Waals surface area (Å²) in [6, 6.07) is 0. The summed E-state index contributed by atoms with van der Waals surface area (Å²) in [6.45, 7) is 0.238. The minimum atomic E-state index is -4.64. The first-order valence-electron chi connectivity index (χ1n) is 5.22. The highest BCUT2D eigenvalue weighted by Crippen LogP contribution is 2.28. The van der Waals surface area contributed by atoms with Gasteiger partial charge in [0.25, 0.3) is 5.95 Å². The number of amides is 1. The zero-order valence-electron chi connectivity index (χ0n) is 9.42. The fourth-order valence-corrected chi connectivity index (χ4v) is 1.75. The van der Waals surface area contributed by atoms with Gasteiger partial charge in [0.05, 0.1) is 0 Å². The smallest absolute Gasteiger partial charge is 0.279 e. The van der Waals surface area contributed by atoms with Crippen LogP contribution in [0.5, 0.6) is 0 Å². The number of rotatable bonds is 3. The quantitative estimate of drug-likeness (QED) is 0.512. The SMILES string of the molecule is [N-]=[N+]=NCC1CC(=O)N(c2n[nH]c(C(F)(F)F)n2)C1. The fourth-order valence-electron chi connectivity index (χ4n) is 1.75. The topological polar surface area (TPSA) is 111 Å². The zero-order valence-corrected chi connectivity index (χ0v) is 9.42. The van der Waals surface area contributed by atoms with E-state index >= 15 is 0 Å². The molecule has 0 radical (unpaired) electrons. The molecule has 1 aliphatic rings. The van der Waals surface area contributed by atoms with Gasteiger partial charge in [-0.2, -0.15) is 18.2 Å². The molecule has 0 spiro atoms. The molecule has 1 N–H and O–H groups in total. The number of hydrogen-bond donors (Lipinski definition) is 1. The molecule has 1 unspecified atom stereocenters. The fraction of sp³-hybridized carbons (Fsp3) is 0.625. The Kier molecular flexibility index (Phi) is 3.30. The van der Waals surface area contributed by atoms with E-state index in [0.717, 1.165) is 4.90 Å². The molecule has 0 aromatic carbocycles. The van der Waals surface area contributed by atoms with E-state index in [-0.39, 0.29) is 31.4 Å². The predicted molar refractivity (Wildman–Crippen MR) is 55.9 cm³/mol. The third-order valence-corrected chi connectivity index (χ3v) is 2.59. The first-order chi connectivity index (χ1) is 8.91. The van der Waals surface area contributed by atoms with Crippen molar-refractivity contribution in [2.24, 2.45) is 11.0 Å². The molecule has 1 aliphatic heterocycles. The second-order valence-corrected chi connectivity index (χ2v) is 3.97. The summed E-state index contributed by atoms with van der Waals surface area (Å²) in [7, 11) is 0. The number of alkyl halides is 3. The van der Waals surface area contributed by atoms with Crippen LogP contribution in [0.15, 0.2) is 5.11 Å². The lowest BCUT2D eigenvalue weighted by Gasteiger charge is -2.10. The van der Waals surface area contributed by atoms with Crippen LogP contribution in [0.2, 0.25) is 0 Å². The molecular formula is C8H8F3N7O. The number of aromatic amines is 1. The normalized spacial score (nSPS) is 19.6. The zero-order chi connectivity index (χ0) is 14.0. The van der Waals surface area contributed by atoms with Gasteiger partial charge in [0.1, 0.15) is 0 Å². The molecule has 0 bridgehead atoms. The maximum absolute atomic E-state index is 12.3. The van der Waals surface area contributed by atoms with Gasteiger partial charge in [-0.25, -0.2) is 0 Å². The minimum Gasteiger partial charge on any atom is -0.279 e. The Labute approximate surface area is 104 Å². The number of azide groups is 1. The van der Waals surface area contributed by atoms with Crippen molar-refractivity contribution < 1.29 is 18.0 Å². The van der Waals surface area contributed by atoms with Crippen LogP contribution in [0.4, 0.5) is 19.1 Å². The number of aromatic nitrogens is 3. The van der Waals surface area contributed by atoms with Crippen molar-refractivity contribution in [3.05, 3.63) is 16.3 Å². The molecule has 1 fully saturated rings. The third kappa shape index (κ3) is 2.76. The Hall–Kier alpha value is -2.29. The first kappa shape index (κ1) is 13.1. The lowest BCUT2D eigenvalue weighted by molar-refractivity contribution is -0.144. The van der Waals surface area contributed by atoms with Crippen LogP contribution in [-0.2, 0) is 11.0 Å². The Morgan fingerprint density at radius 2 is 2.32 bits per heavy atom. The molecule has 1 amide bonds. The van der Waals surface area contributed by atoms with Crippen molar-refractivity contribution in [2.45, 2.75) is 12.6 Å². The summed E-state index contributed by atoms with van der Waals surface area (Å²) in [5, 5.41) is 8.45. The van der Waals surface area contributed by atoms with Crippen LogP contribution in [0, 0.1) is 5.92 Å². The number of nitrogens with zero attached hydrogens (tertiary/aromatic N) is 6. The maximum atomic E-state index is 12.3. The predicted octanol–water partition coefficient (Wildman–Crippen LogP) is 1.49. The maximum Gasteiger partial charge on any atom is 0.451 e. The molecule has 1 aromatic rings. The standard InChI is InChI=1S/C8H8F3N7O/c9-8(10,11)6-14-7(16-15-6)18-3-4(1-5(18)19)2-13-17-12/h4H,1-3H2,(H,14,15,16). The Morgan fingerprint density at radius 3 is 2.89 bits per heavy atom. The number of carbonyl (C=O) groups excluding carboxylic acids is 1. The molecular weight excluding hydrogens is 267 g/mol. The molecule has 19 heavy (non-hydrogen) atoms. The van der Waals surface area contributed by atoms with Gasteiger partial charge in [0, 0.05) is 24.4 Å². The summed E-state index contributed by atoms with van der Waals surface area (Å²) in [5.41, 5.74) is 8.17. The van der Waals surface area contributed by atoms with E-state index < -0.39 is 17.9 Å². The van der Waals surface area contributed by atoms with Crippen LogP contribution in [-0.4, -0.2) is 34.2 Å². The van der Waals surface area contributed by atoms with E-state index in [1.165, 1.54) is 0 Å². The lowest BCUT2D eigenvalue weighted by Crippen LogP contribution is -2.26. The molecule has 0 aliphatic carbocycles. The average Bonchev–Trinajstić information content (AvgIpc) is 2.91. The Balaban J connectivity index is 2.12. The van der Waals surface area contributed by atoms with E-state index in [9.17, 15) is 18.0 Å². The molecule has 2 rings (SSSR count). The minimum absolute atomic E-state index is 0.0922. The molecule has 0 saturated carbocycles. The molecule has 2 heterocycles. The van der Waals surface area contributed by atoms with Gasteiger partial charge >= 0.3 is 6.18 Å². The second-order valence-electron chi connectivity index (χ2n) is 3.97. The van der Waals surface area contributed by atoms with Crippen molar-refractivity contribution in [1.82, 2.24) is 15.2 Å². The van der Waals surface area contributed by atoms with Crippen molar-refractivity contribution in [1.29, 1.82) is 0 Å². The van der Waals surface area contributed by atoms with Gasteiger partial charge in [0.15, 0.2) is 0 Å². The molecule has 1 aromatic heterocycles. The van der Waals surface area contributed by atoms with E-state index in [1.54, 1.807) is 5.10 Å². The molecule has 11 heteroatoms. The largest absolute Gasteiger partial charge is 0.451 e. The molecule has 1 atom stereocenters. The van der Waals surface area contributed by atoms with E-state index in [0.29, 0.717) is 0 Å². The number of carbonyl (C=O) groups is 1. The highest BCUT2D eigenvalue weighted by molar-refractivity contribution is 5.94. The van der Waals surface area contributed by atoms with Crippen molar-refractivity contribution >= 4 is 11.9 Å². The van der Waals surface area contributed by atoms with Crippen molar-refractivity contribution in [3.63, 3.8) is 0 Å². The Morgan fingerprint density at radius 1 is 1.58 bits per heavy atom. The summed E-state index contributed by atoms with van der Waals surface area (Å²) < 4.78 is 37.0. The second kappa shape index (κ2) is 4.76. The van der Waals surface area contributed by atoms with E-state index in [2.05, 4.69) is 20.1 Å². The monoisotopic (exact) mass is 275 g/mol. The number of hydrogen-bond acceptors (Lipinski definition) is 4. The highest BCUT2D eigenvalue weighted by Gasteiger charge is 2.38. The van der Waals surface area contributed by atoms with Crippen molar-refractivity contribution in [2.75, 3.05) is 18.0 Å². The average molecular weight is 275 g/mol. The van der Waals surface area contributed by atoms with Gasteiger partial charge in [-0.05, 0) is 11.4 Å². The first-order valence-corrected chi connectivity index (χ1v) is 5.22. The van der Waals surface area contributed by atoms with Gasteiger partial charge in [0.2, 0.25) is 11.7 Å². The van der Waals surface area contributed by atoms with E-state index in [4.69, 9.17) is 5.53 Å². The van der Waals surface area contributed by atoms with Gasteiger partial charge in [-0.15, -0.1) is 5.10 Å². The third-order valence-electron chi connectivity index (χ3n) is 2.59. The van der Waals surface area contributed by atoms with Crippen LogP contribution in [0.3, 0.4) is 0 Å². The van der Waals surface area contributed by atoms with Gasteiger partial charge < -0.3 is 0 Å². The lowest BCUT2D eigenvalue weighted by atomic mass is 10.1. The Bertz CT molecular complexity index is 533. The number of anilines is 1. The van der Waals surface area contributed by atoms with Crippen LogP contribution >= 0.6 is 0 Å². The van der Waals surface area contributed by atoms with Gasteiger partial charge in [-0.3, -0.25) is 14.8 Å². The summed E-state index contributed by atoms with van der Waals surface area (Å²) in [5.74, 6) is -2.21. The molecule has 102 valence electrons. The highest BCUT2D eigenvalue weighted by atomic mass is 19.4. The van der Waals surface area contributed by atoms with Gasteiger partial charge in [-0.1, -0.05) is 5.11 Å². The van der Waals surface area contributed by atoms with E-state index in [1.807, 2.05) is 0 Å².